The first-order chi connectivity index (χ1) is 5.76. The highest BCUT2D eigenvalue weighted by molar-refractivity contribution is 5.77. The highest BCUT2D eigenvalue weighted by Crippen LogP contribution is 2.10. The molecule has 1 fully saturated rings. The predicted octanol–water partition coefficient (Wildman–Crippen LogP) is -1.14. The van der Waals surface area contributed by atoms with Crippen LogP contribution in [0.2, 0.25) is 0 Å². The van der Waals surface area contributed by atoms with Gasteiger partial charge in [-0.25, -0.2) is 10.8 Å². The third-order valence-corrected chi connectivity index (χ3v) is 1.95. The highest BCUT2D eigenvalue weighted by atomic mass is 15.3. The monoisotopic (exact) mass is 171 g/mol. The van der Waals surface area contributed by atoms with Gasteiger partial charge in [0.2, 0.25) is 5.96 Å². The molecule has 1 aliphatic heterocycles. The van der Waals surface area contributed by atoms with Crippen LogP contribution in [0, 0.1) is 0 Å². The zero-order valence-corrected chi connectivity index (χ0v) is 7.45. The number of nitrogens with two attached hydrogens (primary N) is 2. The van der Waals surface area contributed by atoms with Gasteiger partial charge in [-0.15, -0.1) is 0 Å². The second-order valence-electron chi connectivity index (χ2n) is 3.07. The highest BCUT2D eigenvalue weighted by Gasteiger charge is 2.24. The van der Waals surface area contributed by atoms with Gasteiger partial charge in [-0.05, 0) is 13.0 Å². The molecule has 0 bridgehead atoms. The molecule has 1 rings (SSSR count). The lowest BCUT2D eigenvalue weighted by Gasteiger charge is -2.36. The average Bonchev–Trinajstić information content (AvgIpc) is 2.00. The van der Waals surface area contributed by atoms with Crippen molar-refractivity contribution in [1.82, 2.24) is 10.3 Å². The Labute approximate surface area is 72.8 Å². The smallest absolute Gasteiger partial charge is 0.203 e. The van der Waals surface area contributed by atoms with Crippen molar-refractivity contribution in [3.05, 3.63) is 0 Å². The summed E-state index contributed by atoms with van der Waals surface area (Å²) in [5, 5.41) is 0. The van der Waals surface area contributed by atoms with Gasteiger partial charge in [0.1, 0.15) is 0 Å². The maximum atomic E-state index is 5.40. The molecule has 5 heteroatoms. The summed E-state index contributed by atoms with van der Waals surface area (Å²) in [5.74, 6) is 5.40. The molecule has 1 saturated heterocycles. The van der Waals surface area contributed by atoms with Crippen molar-refractivity contribution in [3.63, 3.8) is 0 Å². The number of hydrogen-bond acceptors (Lipinski definition) is 3. The van der Waals surface area contributed by atoms with Crippen molar-refractivity contribution >= 4 is 5.96 Å². The standard InChI is InChI=1S/C7H17N5/c1-2-3-12-4-6(5-12)10-7(8)11-9/h6H,2-5,9H2,1H3,(H3,8,10,11). The molecule has 0 saturated carbocycles. The average molecular weight is 171 g/mol. The van der Waals surface area contributed by atoms with Crippen LogP contribution in [0.15, 0.2) is 4.99 Å². The summed E-state index contributed by atoms with van der Waals surface area (Å²) in [6, 6.07) is 0.340. The van der Waals surface area contributed by atoms with Gasteiger partial charge < -0.3 is 5.73 Å². The lowest BCUT2D eigenvalue weighted by molar-refractivity contribution is 0.152. The van der Waals surface area contributed by atoms with Crippen LogP contribution in [-0.4, -0.2) is 36.5 Å². The maximum absolute atomic E-state index is 5.40. The van der Waals surface area contributed by atoms with Gasteiger partial charge in [0, 0.05) is 13.1 Å². The Morgan fingerprint density at radius 1 is 1.67 bits per heavy atom. The number of hydrazine groups is 1. The van der Waals surface area contributed by atoms with Crippen LogP contribution in [0.1, 0.15) is 13.3 Å². The molecule has 0 aromatic heterocycles. The first kappa shape index (κ1) is 9.28. The van der Waals surface area contributed by atoms with Crippen LogP contribution < -0.4 is 17.0 Å². The van der Waals surface area contributed by atoms with Gasteiger partial charge in [-0.1, -0.05) is 6.92 Å². The number of rotatable bonds is 3. The van der Waals surface area contributed by atoms with Crippen LogP contribution in [0.4, 0.5) is 0 Å². The van der Waals surface area contributed by atoms with Gasteiger partial charge in [-0.3, -0.25) is 10.3 Å². The SMILES string of the molecule is CCCN1CC(N=C(N)NN)C1. The van der Waals surface area contributed by atoms with E-state index < -0.39 is 0 Å². The van der Waals surface area contributed by atoms with E-state index in [1.54, 1.807) is 0 Å². The van der Waals surface area contributed by atoms with Crippen LogP contribution in [-0.2, 0) is 0 Å². The Bertz CT molecular complexity index is 161. The van der Waals surface area contributed by atoms with Crippen LogP contribution >= 0.6 is 0 Å². The van der Waals surface area contributed by atoms with Crippen LogP contribution in [0.25, 0.3) is 0 Å². The molecule has 0 aromatic carbocycles. The quantitative estimate of drug-likeness (QED) is 0.217. The molecule has 0 unspecified atom stereocenters. The molecule has 0 radical (unpaired) electrons. The second-order valence-corrected chi connectivity index (χ2v) is 3.07. The van der Waals surface area contributed by atoms with Crippen LogP contribution in [0.5, 0.6) is 0 Å². The zero-order valence-electron chi connectivity index (χ0n) is 7.45. The molecule has 1 heterocycles. The van der Waals surface area contributed by atoms with E-state index in [-0.39, 0.29) is 0 Å². The minimum Gasteiger partial charge on any atom is -0.369 e. The number of nitrogens with one attached hydrogen (secondary N) is 1. The number of guanidine groups is 1. The van der Waals surface area contributed by atoms with E-state index in [1.807, 2.05) is 0 Å². The Balaban J connectivity index is 2.17. The summed E-state index contributed by atoms with van der Waals surface area (Å²) in [7, 11) is 0. The van der Waals surface area contributed by atoms with Gasteiger partial charge in [0.05, 0.1) is 6.04 Å². The first-order valence-electron chi connectivity index (χ1n) is 4.28. The Morgan fingerprint density at radius 3 is 2.83 bits per heavy atom. The van der Waals surface area contributed by atoms with Crippen molar-refractivity contribution < 1.29 is 0 Å². The lowest BCUT2D eigenvalue weighted by atomic mass is 10.1. The predicted molar refractivity (Wildman–Crippen MR) is 49.5 cm³/mol. The topological polar surface area (TPSA) is 79.7 Å². The Morgan fingerprint density at radius 2 is 2.33 bits per heavy atom. The molecule has 0 amide bonds. The van der Waals surface area contributed by atoms with E-state index in [0.717, 1.165) is 19.6 Å². The van der Waals surface area contributed by atoms with Crippen molar-refractivity contribution in [2.75, 3.05) is 19.6 Å². The van der Waals surface area contributed by atoms with Gasteiger partial charge in [0.15, 0.2) is 0 Å². The van der Waals surface area contributed by atoms with Crippen molar-refractivity contribution in [3.8, 4) is 0 Å². The molecule has 5 N–H and O–H groups in total. The van der Waals surface area contributed by atoms with Crippen molar-refractivity contribution in [2.24, 2.45) is 16.6 Å². The largest absolute Gasteiger partial charge is 0.369 e. The van der Waals surface area contributed by atoms with E-state index in [2.05, 4.69) is 22.2 Å². The van der Waals surface area contributed by atoms with Crippen LogP contribution in [0.3, 0.4) is 0 Å². The van der Waals surface area contributed by atoms with E-state index in [4.69, 9.17) is 11.6 Å². The maximum Gasteiger partial charge on any atom is 0.203 e. The van der Waals surface area contributed by atoms with E-state index >= 15 is 0 Å². The lowest BCUT2D eigenvalue weighted by Crippen LogP contribution is -2.51. The Kier molecular flexibility index (Phi) is 3.31. The summed E-state index contributed by atoms with van der Waals surface area (Å²) in [5.41, 5.74) is 7.72. The van der Waals surface area contributed by atoms with Gasteiger partial charge in [0.25, 0.3) is 0 Å². The van der Waals surface area contributed by atoms with Crippen molar-refractivity contribution in [1.29, 1.82) is 0 Å². The molecular weight excluding hydrogens is 154 g/mol. The third kappa shape index (κ3) is 2.35. The van der Waals surface area contributed by atoms with Gasteiger partial charge >= 0.3 is 0 Å². The summed E-state index contributed by atoms with van der Waals surface area (Å²) in [6.07, 6.45) is 1.20. The van der Waals surface area contributed by atoms with E-state index in [1.165, 1.54) is 6.42 Å². The number of likely N-dealkylation sites (tertiary alicyclic amines) is 1. The second kappa shape index (κ2) is 4.27. The number of aliphatic imine (C=N–C) groups is 1. The first-order valence-corrected chi connectivity index (χ1v) is 4.28. The fourth-order valence-electron chi connectivity index (χ4n) is 1.36. The van der Waals surface area contributed by atoms with E-state index in [9.17, 15) is 0 Å². The minimum atomic E-state index is 0.330. The molecular formula is C7H17N5. The summed E-state index contributed by atoms with van der Waals surface area (Å²) < 4.78 is 0. The Hall–Kier alpha value is -0.810. The number of hydrogen-bond donors (Lipinski definition) is 3. The minimum absolute atomic E-state index is 0.330. The van der Waals surface area contributed by atoms with Gasteiger partial charge in [-0.2, -0.15) is 0 Å². The molecule has 5 nitrogen and oxygen atoms in total. The third-order valence-electron chi connectivity index (χ3n) is 1.95. The molecule has 0 aromatic rings. The van der Waals surface area contributed by atoms with Crippen molar-refractivity contribution in [2.45, 2.75) is 19.4 Å². The summed E-state index contributed by atoms with van der Waals surface area (Å²) >= 11 is 0. The summed E-state index contributed by atoms with van der Waals surface area (Å²) in [4.78, 5) is 6.50. The van der Waals surface area contributed by atoms with E-state index in [0.29, 0.717) is 12.0 Å². The molecule has 70 valence electrons. The zero-order chi connectivity index (χ0) is 8.97. The summed E-state index contributed by atoms with van der Waals surface area (Å²) in [6.45, 7) is 5.35. The fraction of sp³-hybridized carbons (Fsp3) is 0.857. The normalized spacial score (nSPS) is 20.7. The number of nitrogens with zero attached hydrogens (tertiary/aromatic N) is 2. The molecule has 0 atom stereocenters. The molecule has 12 heavy (non-hydrogen) atoms. The molecule has 1 aliphatic rings. The molecule has 0 spiro atoms. The fourth-order valence-corrected chi connectivity index (χ4v) is 1.36. The molecule has 0 aliphatic carbocycles.